The van der Waals surface area contributed by atoms with Gasteiger partial charge >= 0.3 is 5.69 Å². The summed E-state index contributed by atoms with van der Waals surface area (Å²) in [4.78, 5) is 22.0. The van der Waals surface area contributed by atoms with Gasteiger partial charge < -0.3 is 5.32 Å². The standard InChI is InChI=1S/C13H13FN4O3/c1-9(7-17-8-12(6-15-17)18(20)21)13(19)16-11-4-2-3-10(14)5-11/h2-6,8-9H,7H2,1H3,(H,16,19)/t9-/m0/s1. The molecule has 1 heterocycles. The Morgan fingerprint density at radius 1 is 1.57 bits per heavy atom. The number of halogens is 1. The minimum atomic E-state index is -0.555. The molecule has 110 valence electrons. The molecule has 21 heavy (non-hydrogen) atoms. The molecule has 0 unspecified atom stereocenters. The maximum atomic E-state index is 13.0. The number of amides is 1. The normalized spacial score (nSPS) is 11.9. The largest absolute Gasteiger partial charge is 0.326 e. The highest BCUT2D eigenvalue weighted by molar-refractivity contribution is 5.92. The molecule has 2 rings (SSSR count). The third-order valence-corrected chi connectivity index (χ3v) is 2.83. The molecule has 7 nitrogen and oxygen atoms in total. The van der Waals surface area contributed by atoms with Crippen LogP contribution >= 0.6 is 0 Å². The van der Waals surface area contributed by atoms with Crippen molar-refractivity contribution in [2.75, 3.05) is 5.32 Å². The number of nitrogens with one attached hydrogen (secondary N) is 1. The van der Waals surface area contributed by atoms with E-state index >= 15 is 0 Å². The Labute approximate surface area is 119 Å². The zero-order valence-electron chi connectivity index (χ0n) is 11.2. The van der Waals surface area contributed by atoms with Crippen LogP contribution in [0.25, 0.3) is 0 Å². The molecule has 0 saturated heterocycles. The van der Waals surface area contributed by atoms with Gasteiger partial charge in [0.2, 0.25) is 5.91 Å². The second kappa shape index (κ2) is 6.12. The van der Waals surface area contributed by atoms with Crippen molar-refractivity contribution in [3.05, 3.63) is 52.6 Å². The number of rotatable bonds is 5. The van der Waals surface area contributed by atoms with Gasteiger partial charge in [0, 0.05) is 5.69 Å². The monoisotopic (exact) mass is 292 g/mol. The van der Waals surface area contributed by atoms with Crippen LogP contribution in [0.5, 0.6) is 0 Å². The van der Waals surface area contributed by atoms with Gasteiger partial charge in [-0.2, -0.15) is 5.10 Å². The number of carbonyl (C=O) groups is 1. The van der Waals surface area contributed by atoms with Crippen LogP contribution in [0.15, 0.2) is 36.7 Å². The van der Waals surface area contributed by atoms with Crippen LogP contribution in [0.3, 0.4) is 0 Å². The molecular weight excluding hydrogens is 279 g/mol. The Morgan fingerprint density at radius 2 is 2.33 bits per heavy atom. The van der Waals surface area contributed by atoms with Gasteiger partial charge in [-0.05, 0) is 18.2 Å². The zero-order chi connectivity index (χ0) is 15.4. The van der Waals surface area contributed by atoms with Crippen LogP contribution < -0.4 is 5.32 Å². The average molecular weight is 292 g/mol. The third kappa shape index (κ3) is 3.85. The predicted molar refractivity (Wildman–Crippen MR) is 73.1 cm³/mol. The van der Waals surface area contributed by atoms with E-state index in [1.165, 1.54) is 29.1 Å². The molecule has 0 bridgehead atoms. The summed E-state index contributed by atoms with van der Waals surface area (Å²) in [6, 6.07) is 5.56. The SMILES string of the molecule is C[C@@H](Cn1cc([N+](=O)[O-])cn1)C(=O)Nc1cccc(F)c1. The van der Waals surface area contributed by atoms with Crippen molar-refractivity contribution in [3.63, 3.8) is 0 Å². The molecule has 8 heteroatoms. The molecule has 1 N–H and O–H groups in total. The van der Waals surface area contributed by atoms with Crippen molar-refractivity contribution >= 4 is 17.3 Å². The molecule has 0 radical (unpaired) electrons. The summed E-state index contributed by atoms with van der Waals surface area (Å²) in [7, 11) is 0. The fourth-order valence-corrected chi connectivity index (χ4v) is 1.74. The second-order valence-corrected chi connectivity index (χ2v) is 4.58. The molecular formula is C13H13FN4O3. The highest BCUT2D eigenvalue weighted by Gasteiger charge is 2.16. The summed E-state index contributed by atoms with van der Waals surface area (Å²) in [5.41, 5.74) is 0.228. The van der Waals surface area contributed by atoms with Crippen molar-refractivity contribution in [3.8, 4) is 0 Å². The minimum Gasteiger partial charge on any atom is -0.326 e. The van der Waals surface area contributed by atoms with Crippen molar-refractivity contribution in [1.82, 2.24) is 9.78 Å². The van der Waals surface area contributed by atoms with Gasteiger partial charge in [0.15, 0.2) is 0 Å². The van der Waals surface area contributed by atoms with Gasteiger partial charge in [-0.15, -0.1) is 0 Å². The molecule has 1 amide bonds. The number of hydrogen-bond acceptors (Lipinski definition) is 4. The van der Waals surface area contributed by atoms with Crippen molar-refractivity contribution in [1.29, 1.82) is 0 Å². The van der Waals surface area contributed by atoms with Crippen molar-refractivity contribution in [2.24, 2.45) is 5.92 Å². The molecule has 0 aliphatic carbocycles. The number of anilines is 1. The first-order valence-electron chi connectivity index (χ1n) is 6.19. The van der Waals surface area contributed by atoms with Gasteiger partial charge in [-0.1, -0.05) is 13.0 Å². The highest BCUT2D eigenvalue weighted by atomic mass is 19.1. The first kappa shape index (κ1) is 14.6. The van der Waals surface area contributed by atoms with E-state index in [1.807, 2.05) is 0 Å². The first-order chi connectivity index (χ1) is 9.95. The summed E-state index contributed by atoms with van der Waals surface area (Å²) in [5, 5.41) is 16.9. The molecule has 1 atom stereocenters. The van der Waals surface area contributed by atoms with Crippen LogP contribution in [-0.2, 0) is 11.3 Å². The van der Waals surface area contributed by atoms with Crippen LogP contribution in [0, 0.1) is 21.8 Å². The Kier molecular flexibility index (Phi) is 4.27. The minimum absolute atomic E-state index is 0.132. The van der Waals surface area contributed by atoms with E-state index in [9.17, 15) is 19.3 Å². The van der Waals surface area contributed by atoms with Crippen molar-refractivity contribution < 1.29 is 14.1 Å². The number of benzene rings is 1. The lowest BCUT2D eigenvalue weighted by molar-refractivity contribution is -0.385. The molecule has 0 spiro atoms. The molecule has 0 fully saturated rings. The number of nitrogens with zero attached hydrogens (tertiary/aromatic N) is 3. The number of hydrogen-bond donors (Lipinski definition) is 1. The summed E-state index contributed by atoms with van der Waals surface area (Å²) < 4.78 is 14.3. The van der Waals surface area contributed by atoms with E-state index in [4.69, 9.17) is 0 Å². The molecule has 0 saturated carbocycles. The number of aromatic nitrogens is 2. The number of carbonyl (C=O) groups excluding carboxylic acids is 1. The van der Waals surface area contributed by atoms with E-state index < -0.39 is 16.7 Å². The smallest absolute Gasteiger partial charge is 0.306 e. The molecule has 2 aromatic rings. The molecule has 1 aromatic carbocycles. The summed E-state index contributed by atoms with van der Waals surface area (Å²) in [6.07, 6.45) is 2.38. The lowest BCUT2D eigenvalue weighted by Gasteiger charge is -2.12. The van der Waals surface area contributed by atoms with E-state index in [0.29, 0.717) is 5.69 Å². The Balaban J connectivity index is 1.97. The van der Waals surface area contributed by atoms with Gasteiger partial charge in [0.25, 0.3) is 0 Å². The van der Waals surface area contributed by atoms with Crippen molar-refractivity contribution in [2.45, 2.75) is 13.5 Å². The quantitative estimate of drug-likeness (QED) is 0.675. The van der Waals surface area contributed by atoms with Crippen LogP contribution in [0.4, 0.5) is 15.8 Å². The zero-order valence-corrected chi connectivity index (χ0v) is 11.2. The third-order valence-electron chi connectivity index (χ3n) is 2.83. The van der Waals surface area contributed by atoms with Gasteiger partial charge in [0.05, 0.1) is 17.4 Å². The number of nitro groups is 1. The van der Waals surface area contributed by atoms with Crippen LogP contribution in [-0.4, -0.2) is 20.6 Å². The van der Waals surface area contributed by atoms with Gasteiger partial charge in [-0.3, -0.25) is 19.6 Å². The maximum absolute atomic E-state index is 13.0. The molecule has 1 aromatic heterocycles. The summed E-state index contributed by atoms with van der Waals surface area (Å²) >= 11 is 0. The van der Waals surface area contributed by atoms with E-state index in [1.54, 1.807) is 13.0 Å². The van der Waals surface area contributed by atoms with E-state index in [-0.39, 0.29) is 18.1 Å². The molecule has 0 aliphatic rings. The maximum Gasteiger partial charge on any atom is 0.306 e. The second-order valence-electron chi connectivity index (χ2n) is 4.58. The predicted octanol–water partition coefficient (Wildman–Crippen LogP) is 2.21. The first-order valence-corrected chi connectivity index (χ1v) is 6.19. The van der Waals surface area contributed by atoms with Gasteiger partial charge in [-0.25, -0.2) is 4.39 Å². The lowest BCUT2D eigenvalue weighted by Crippen LogP contribution is -2.24. The van der Waals surface area contributed by atoms with Crippen LogP contribution in [0.1, 0.15) is 6.92 Å². The highest BCUT2D eigenvalue weighted by Crippen LogP contribution is 2.13. The Hall–Kier alpha value is -2.77. The summed E-state index contributed by atoms with van der Waals surface area (Å²) in [6.45, 7) is 1.84. The fourth-order valence-electron chi connectivity index (χ4n) is 1.74. The Bertz CT molecular complexity index is 671. The topological polar surface area (TPSA) is 90.1 Å². The average Bonchev–Trinajstić information content (AvgIpc) is 2.87. The summed E-state index contributed by atoms with van der Waals surface area (Å²) in [5.74, 6) is -1.24. The Morgan fingerprint density at radius 3 is 2.95 bits per heavy atom. The molecule has 0 aliphatic heterocycles. The van der Waals surface area contributed by atoms with E-state index in [2.05, 4.69) is 10.4 Å². The van der Waals surface area contributed by atoms with E-state index in [0.717, 1.165) is 6.20 Å². The van der Waals surface area contributed by atoms with Gasteiger partial charge in [0.1, 0.15) is 18.2 Å². The van der Waals surface area contributed by atoms with Crippen LogP contribution in [0.2, 0.25) is 0 Å². The lowest BCUT2D eigenvalue weighted by atomic mass is 10.1. The fraction of sp³-hybridized carbons (Fsp3) is 0.231.